The summed E-state index contributed by atoms with van der Waals surface area (Å²) in [4.78, 5) is 13.4. The Labute approximate surface area is 148 Å². The van der Waals surface area contributed by atoms with Crippen LogP contribution in [0.25, 0.3) is 0 Å². The third-order valence-corrected chi connectivity index (χ3v) is 4.12. The predicted octanol–water partition coefficient (Wildman–Crippen LogP) is 3.11. The first-order chi connectivity index (χ1) is 11.1. The molecule has 0 spiro atoms. The van der Waals surface area contributed by atoms with Gasteiger partial charge in [0, 0.05) is 24.3 Å². The number of carbonyl (C=O) groups excluding carboxylic acids is 1. The fourth-order valence-electron chi connectivity index (χ4n) is 2.88. The van der Waals surface area contributed by atoms with Crippen molar-refractivity contribution >= 4 is 23.9 Å². The second-order valence-electron chi connectivity index (χ2n) is 5.87. The number of anilines is 1. The van der Waals surface area contributed by atoms with Gasteiger partial charge in [0.05, 0.1) is 0 Å². The van der Waals surface area contributed by atoms with Gasteiger partial charge in [-0.2, -0.15) is 0 Å². The topological polar surface area (TPSA) is 49.8 Å². The number of para-hydroxylation sites is 1. The van der Waals surface area contributed by atoms with Gasteiger partial charge in [0.2, 0.25) is 0 Å². The Morgan fingerprint density at radius 3 is 2.62 bits per heavy atom. The molecule has 0 bridgehead atoms. The number of halogens is 1. The van der Waals surface area contributed by atoms with E-state index in [0.29, 0.717) is 17.9 Å². The molecule has 0 saturated carbocycles. The van der Waals surface area contributed by atoms with Crippen molar-refractivity contribution in [3.05, 3.63) is 59.7 Å². The standard InChI is InChI=1S/C19H21NO3.ClH/c1-14(21)15-6-8-18(9-7-15)23-13-17(22)12-20-11-10-16-4-2-3-5-19(16)20;/h2-9,17,22H,10-13H2,1H3;1H. The number of rotatable bonds is 6. The summed E-state index contributed by atoms with van der Waals surface area (Å²) in [6.45, 7) is 3.26. The van der Waals surface area contributed by atoms with Crippen LogP contribution in [0.1, 0.15) is 22.8 Å². The summed E-state index contributed by atoms with van der Waals surface area (Å²) >= 11 is 0. The number of hydrogen-bond donors (Lipinski definition) is 1. The molecule has 3 rings (SSSR count). The summed E-state index contributed by atoms with van der Waals surface area (Å²) < 4.78 is 5.61. The van der Waals surface area contributed by atoms with Gasteiger partial charge in [0.15, 0.2) is 5.78 Å². The number of β-amino-alcohol motifs (C(OH)–C–C–N with tert-alkyl or cyclic N) is 1. The highest BCUT2D eigenvalue weighted by Crippen LogP contribution is 2.27. The number of carbonyl (C=O) groups is 1. The lowest BCUT2D eigenvalue weighted by Gasteiger charge is -2.23. The van der Waals surface area contributed by atoms with Gasteiger partial charge in [0.25, 0.3) is 0 Å². The SMILES string of the molecule is CC(=O)c1ccc(OCC(O)CN2CCc3ccccc32)cc1.Cl. The molecule has 2 aromatic carbocycles. The molecule has 1 atom stereocenters. The van der Waals surface area contributed by atoms with E-state index in [2.05, 4.69) is 17.0 Å². The van der Waals surface area contributed by atoms with Crippen LogP contribution in [0, 0.1) is 0 Å². The molecule has 5 heteroatoms. The number of fused-ring (bicyclic) bond motifs is 1. The molecule has 2 aromatic rings. The monoisotopic (exact) mass is 347 g/mol. The van der Waals surface area contributed by atoms with Gasteiger partial charge in [-0.1, -0.05) is 18.2 Å². The van der Waals surface area contributed by atoms with Crippen LogP contribution in [-0.2, 0) is 6.42 Å². The molecule has 1 N–H and O–H groups in total. The maximum absolute atomic E-state index is 11.2. The molecule has 1 heterocycles. The van der Waals surface area contributed by atoms with Crippen molar-refractivity contribution in [2.75, 3.05) is 24.6 Å². The van der Waals surface area contributed by atoms with E-state index >= 15 is 0 Å². The summed E-state index contributed by atoms with van der Waals surface area (Å²) in [7, 11) is 0. The largest absolute Gasteiger partial charge is 0.491 e. The first kappa shape index (κ1) is 18.3. The Kier molecular flexibility index (Phi) is 6.23. The second-order valence-corrected chi connectivity index (χ2v) is 5.87. The molecule has 0 aromatic heterocycles. The fraction of sp³-hybridized carbons (Fsp3) is 0.316. The highest BCUT2D eigenvalue weighted by atomic mass is 35.5. The third kappa shape index (κ3) is 4.28. The molecule has 0 aliphatic carbocycles. The average Bonchev–Trinajstić information content (AvgIpc) is 2.96. The average molecular weight is 348 g/mol. The summed E-state index contributed by atoms with van der Waals surface area (Å²) in [6, 6.07) is 15.3. The highest BCUT2D eigenvalue weighted by Gasteiger charge is 2.20. The fourth-order valence-corrected chi connectivity index (χ4v) is 2.88. The van der Waals surface area contributed by atoms with Crippen molar-refractivity contribution < 1.29 is 14.6 Å². The van der Waals surface area contributed by atoms with E-state index in [4.69, 9.17) is 4.74 Å². The Balaban J connectivity index is 0.00000208. The molecule has 1 aliphatic heterocycles. The minimum atomic E-state index is -0.561. The Morgan fingerprint density at radius 2 is 1.92 bits per heavy atom. The Morgan fingerprint density at radius 1 is 1.21 bits per heavy atom. The van der Waals surface area contributed by atoms with Crippen LogP contribution in [0.2, 0.25) is 0 Å². The van der Waals surface area contributed by atoms with Gasteiger partial charge >= 0.3 is 0 Å². The van der Waals surface area contributed by atoms with E-state index in [1.807, 2.05) is 12.1 Å². The summed E-state index contributed by atoms with van der Waals surface area (Å²) in [5.41, 5.74) is 3.20. The molecule has 0 fully saturated rings. The van der Waals surface area contributed by atoms with E-state index in [9.17, 15) is 9.90 Å². The number of aliphatic hydroxyl groups is 1. The maximum Gasteiger partial charge on any atom is 0.159 e. The Bertz CT molecular complexity index is 687. The highest BCUT2D eigenvalue weighted by molar-refractivity contribution is 5.94. The third-order valence-electron chi connectivity index (χ3n) is 4.12. The zero-order valence-corrected chi connectivity index (χ0v) is 14.5. The van der Waals surface area contributed by atoms with E-state index < -0.39 is 6.10 Å². The molecule has 0 amide bonds. The predicted molar refractivity (Wildman–Crippen MR) is 97.6 cm³/mol. The summed E-state index contributed by atoms with van der Waals surface area (Å²) in [5.74, 6) is 0.695. The van der Waals surface area contributed by atoms with Gasteiger partial charge in [-0.15, -0.1) is 12.4 Å². The molecular formula is C19H22ClNO3. The molecule has 4 nitrogen and oxygen atoms in total. The lowest BCUT2D eigenvalue weighted by molar-refractivity contribution is 0.101. The molecule has 1 aliphatic rings. The van der Waals surface area contributed by atoms with Crippen molar-refractivity contribution in [2.24, 2.45) is 0 Å². The van der Waals surface area contributed by atoms with Crippen LogP contribution in [0.3, 0.4) is 0 Å². The number of hydrogen-bond acceptors (Lipinski definition) is 4. The quantitative estimate of drug-likeness (QED) is 0.816. The molecular weight excluding hydrogens is 326 g/mol. The van der Waals surface area contributed by atoms with Gasteiger partial charge < -0.3 is 14.7 Å². The second kappa shape index (κ2) is 8.18. The minimum Gasteiger partial charge on any atom is -0.491 e. The smallest absolute Gasteiger partial charge is 0.159 e. The summed E-state index contributed by atoms with van der Waals surface area (Å²) in [5, 5.41) is 10.2. The number of ether oxygens (including phenoxy) is 1. The van der Waals surface area contributed by atoms with E-state index in [1.54, 1.807) is 24.3 Å². The van der Waals surface area contributed by atoms with Gasteiger partial charge in [0.1, 0.15) is 18.5 Å². The van der Waals surface area contributed by atoms with Gasteiger partial charge in [-0.3, -0.25) is 4.79 Å². The molecule has 1 unspecified atom stereocenters. The van der Waals surface area contributed by atoms with Gasteiger partial charge in [-0.25, -0.2) is 0 Å². The molecule has 128 valence electrons. The zero-order valence-electron chi connectivity index (χ0n) is 13.6. The van der Waals surface area contributed by atoms with E-state index in [0.717, 1.165) is 13.0 Å². The van der Waals surface area contributed by atoms with Crippen LogP contribution in [0.5, 0.6) is 5.75 Å². The van der Waals surface area contributed by atoms with Gasteiger partial charge in [-0.05, 0) is 49.2 Å². The van der Waals surface area contributed by atoms with Crippen molar-refractivity contribution in [3.63, 3.8) is 0 Å². The first-order valence-corrected chi connectivity index (χ1v) is 7.88. The van der Waals surface area contributed by atoms with Crippen LogP contribution >= 0.6 is 12.4 Å². The first-order valence-electron chi connectivity index (χ1n) is 7.88. The lowest BCUT2D eigenvalue weighted by Crippen LogP contribution is -2.34. The van der Waals surface area contributed by atoms with Crippen LogP contribution in [0.4, 0.5) is 5.69 Å². The summed E-state index contributed by atoms with van der Waals surface area (Å²) in [6.07, 6.45) is 0.463. The van der Waals surface area contributed by atoms with Crippen molar-refractivity contribution in [3.8, 4) is 5.75 Å². The maximum atomic E-state index is 11.2. The lowest BCUT2D eigenvalue weighted by atomic mass is 10.1. The van der Waals surface area contributed by atoms with Crippen LogP contribution in [-0.4, -0.2) is 36.7 Å². The van der Waals surface area contributed by atoms with E-state index in [1.165, 1.54) is 18.2 Å². The molecule has 0 saturated heterocycles. The van der Waals surface area contributed by atoms with Crippen molar-refractivity contribution in [2.45, 2.75) is 19.4 Å². The van der Waals surface area contributed by atoms with Crippen molar-refractivity contribution in [1.82, 2.24) is 0 Å². The number of ketones is 1. The molecule has 0 radical (unpaired) electrons. The Hall–Kier alpha value is -2.04. The minimum absolute atomic E-state index is 0. The van der Waals surface area contributed by atoms with Crippen LogP contribution < -0.4 is 9.64 Å². The number of aliphatic hydroxyl groups excluding tert-OH is 1. The number of benzene rings is 2. The zero-order chi connectivity index (χ0) is 16.2. The number of Topliss-reactive ketones (excluding diaryl/α,β-unsaturated/α-hetero) is 1. The number of nitrogens with zero attached hydrogens (tertiary/aromatic N) is 1. The van der Waals surface area contributed by atoms with Crippen molar-refractivity contribution in [1.29, 1.82) is 0 Å². The van der Waals surface area contributed by atoms with E-state index in [-0.39, 0.29) is 24.8 Å². The van der Waals surface area contributed by atoms with Crippen LogP contribution in [0.15, 0.2) is 48.5 Å². The molecule has 24 heavy (non-hydrogen) atoms. The normalized spacial score (nSPS) is 13.8.